The highest BCUT2D eigenvalue weighted by Gasteiger charge is 2.66. The van der Waals surface area contributed by atoms with Crippen molar-refractivity contribution in [2.45, 2.75) is 198 Å². The Kier molecular flexibility index (Phi) is 42.2. The third kappa shape index (κ3) is 32.4. The van der Waals surface area contributed by atoms with Gasteiger partial charge in [-0.25, -0.2) is 19.5 Å². The van der Waals surface area contributed by atoms with Crippen molar-refractivity contribution in [3.8, 4) is 0 Å². The second-order valence-electron chi connectivity index (χ2n) is 30.1. The molecule has 6 aliphatic heterocycles. The minimum atomic E-state index is -1.31. The van der Waals surface area contributed by atoms with Crippen molar-refractivity contribution in [3.05, 3.63) is 35.7 Å². The molecule has 126 heavy (non-hydrogen) atoms. The van der Waals surface area contributed by atoms with E-state index in [2.05, 4.69) is 52.3 Å². The number of nitrogens with two attached hydrogens (primary N) is 1. The van der Waals surface area contributed by atoms with Crippen LogP contribution in [0.3, 0.4) is 0 Å². The van der Waals surface area contributed by atoms with Gasteiger partial charge in [0.2, 0.25) is 17.7 Å². The predicted octanol–water partition coefficient (Wildman–Crippen LogP) is -4.71. The van der Waals surface area contributed by atoms with Gasteiger partial charge in [0.15, 0.2) is 72.3 Å². The summed E-state index contributed by atoms with van der Waals surface area (Å²) >= 11 is 0. The van der Waals surface area contributed by atoms with E-state index in [9.17, 15) is 43.2 Å². The highest BCUT2D eigenvalue weighted by atomic mass is 16.8. The molecule has 3 aromatic heterocycles. The van der Waals surface area contributed by atoms with Gasteiger partial charge in [-0.1, -0.05) is 15.6 Å². The molecule has 50 nitrogen and oxygen atoms in total. The van der Waals surface area contributed by atoms with Gasteiger partial charge in [-0.2, -0.15) is 0 Å². The van der Waals surface area contributed by atoms with E-state index in [1.165, 1.54) is 62.3 Å². The molecule has 6 fully saturated rings. The zero-order chi connectivity index (χ0) is 90.3. The molecular formula is C76H120N14O36. The Hall–Kier alpha value is -8.27. The lowest BCUT2D eigenvalue weighted by Gasteiger charge is -2.45. The Morgan fingerprint density at radius 1 is 0.349 bits per heavy atom. The largest absolute Gasteiger partial charge is 0.456 e. The van der Waals surface area contributed by atoms with Crippen LogP contribution in [0.2, 0.25) is 0 Å². The number of hydrogen-bond acceptors (Lipinski definition) is 44. The molecule has 0 unspecified atom stereocenters. The lowest BCUT2D eigenvalue weighted by atomic mass is 9.87. The lowest BCUT2D eigenvalue weighted by molar-refractivity contribution is -0.251. The second kappa shape index (κ2) is 52.4. The third-order valence-electron chi connectivity index (χ3n) is 19.5. The van der Waals surface area contributed by atoms with Gasteiger partial charge < -0.3 is 144 Å². The molecule has 6 N–H and O–H groups in total. The zero-order valence-corrected chi connectivity index (χ0v) is 72.4. The molecule has 3 amide bonds. The number of aromatic nitrogens is 9. The Labute approximate surface area is 725 Å². The average Bonchev–Trinajstić information content (AvgIpc) is 1.59. The molecule has 9 heterocycles. The molecule has 50 heteroatoms. The van der Waals surface area contributed by atoms with Gasteiger partial charge in [-0.15, -0.1) is 15.3 Å². The smallest absolute Gasteiger partial charge is 0.303 e. The van der Waals surface area contributed by atoms with E-state index in [0.717, 1.165) is 0 Å². The quantitative estimate of drug-likeness (QED) is 0.0117. The minimum Gasteiger partial charge on any atom is -0.456 e. The summed E-state index contributed by atoms with van der Waals surface area (Å²) in [5.41, 5.74) is -0.613. The van der Waals surface area contributed by atoms with E-state index in [1.54, 1.807) is 32.6 Å². The molecule has 9 rings (SSSR count). The summed E-state index contributed by atoms with van der Waals surface area (Å²) < 4.78 is 162. The van der Waals surface area contributed by atoms with E-state index in [0.29, 0.717) is 96.2 Å². The highest BCUT2D eigenvalue weighted by molar-refractivity contribution is 5.75. The summed E-state index contributed by atoms with van der Waals surface area (Å²) in [4.78, 5) is 109. The highest BCUT2D eigenvalue weighted by Crippen LogP contribution is 2.44. The number of nitrogens with zero attached hydrogens (tertiary/aromatic N) is 9. The molecule has 0 radical (unpaired) electrons. The first-order valence-corrected chi connectivity index (χ1v) is 41.3. The molecule has 0 aromatic carbocycles. The second-order valence-corrected chi connectivity index (χ2v) is 30.1. The van der Waals surface area contributed by atoms with E-state index in [4.69, 9.17) is 134 Å². The van der Waals surface area contributed by atoms with Crippen molar-refractivity contribution in [3.63, 3.8) is 0 Å². The number of carbonyl (C=O) groups is 9. The fraction of sp³-hybridized carbons (Fsp3) is 0.803. The number of rotatable bonds is 64. The van der Waals surface area contributed by atoms with Crippen molar-refractivity contribution >= 4 is 53.5 Å². The Morgan fingerprint density at radius 2 is 0.579 bits per heavy atom. The monoisotopic (exact) mass is 1800 g/mol. The van der Waals surface area contributed by atoms with Crippen LogP contribution >= 0.6 is 0 Å². The van der Waals surface area contributed by atoms with E-state index in [1.807, 2.05) is 0 Å². The Morgan fingerprint density at radius 3 is 0.802 bits per heavy atom. The summed E-state index contributed by atoms with van der Waals surface area (Å²) in [6.07, 6.45) is -4.45. The molecule has 0 spiro atoms. The van der Waals surface area contributed by atoms with Crippen LogP contribution in [0.1, 0.15) is 79.4 Å². The molecular weight excluding hydrogens is 1680 g/mol. The molecule has 0 saturated carbocycles. The van der Waals surface area contributed by atoms with E-state index >= 15 is 0 Å². The van der Waals surface area contributed by atoms with Gasteiger partial charge in [0.1, 0.15) is 40.7 Å². The predicted molar refractivity (Wildman–Crippen MR) is 416 cm³/mol. The van der Waals surface area contributed by atoms with Gasteiger partial charge >= 0.3 is 35.8 Å². The summed E-state index contributed by atoms with van der Waals surface area (Å²) in [5.74, 6) is 1.11. The first kappa shape index (κ1) is 101. The van der Waals surface area contributed by atoms with Crippen molar-refractivity contribution in [2.75, 3.05) is 198 Å². The van der Waals surface area contributed by atoms with Gasteiger partial charge in [0.25, 0.3) is 0 Å². The topological polar surface area (TPSA) is 569 Å². The normalized spacial score (nSPS) is 25.7. The Bertz CT molecular complexity index is 3480. The number of hydrogen-bond donors (Lipinski definition) is 5. The molecule has 15 atom stereocenters. The summed E-state index contributed by atoms with van der Waals surface area (Å²) in [7, 11) is 0. The number of fused-ring (bicyclic) bond motifs is 6. The van der Waals surface area contributed by atoms with Gasteiger partial charge in [0.05, 0.1) is 256 Å². The number of amides is 3. The van der Waals surface area contributed by atoms with Crippen LogP contribution in [-0.2, 0) is 211 Å². The Balaban J connectivity index is 0.643. The van der Waals surface area contributed by atoms with E-state index in [-0.39, 0.29) is 159 Å². The van der Waals surface area contributed by atoms with Crippen molar-refractivity contribution < 1.29 is 171 Å². The van der Waals surface area contributed by atoms with Crippen molar-refractivity contribution in [1.29, 1.82) is 0 Å². The summed E-state index contributed by atoms with van der Waals surface area (Å²) in [5, 5.41) is 33.5. The number of nitrogens with one attached hydrogen (secondary N) is 4. The molecule has 0 aliphatic carbocycles. The van der Waals surface area contributed by atoms with Gasteiger partial charge in [-0.05, 0) is 0 Å². The van der Waals surface area contributed by atoms with Crippen LogP contribution in [0.5, 0.6) is 0 Å². The average molecular weight is 1810 g/mol. The summed E-state index contributed by atoms with van der Waals surface area (Å²) in [6.45, 7) is 17.3. The maximum atomic E-state index is 12.2. The number of carbonyl (C=O) groups excluding carboxylic acids is 9. The first-order chi connectivity index (χ1) is 60.7. The maximum Gasteiger partial charge on any atom is 0.303 e. The summed E-state index contributed by atoms with van der Waals surface area (Å²) in [6, 6.07) is -2.80. The van der Waals surface area contributed by atoms with Crippen molar-refractivity contribution in [1.82, 2.24) is 66.4 Å². The lowest BCUT2D eigenvalue weighted by Crippen LogP contribution is -2.68. The van der Waals surface area contributed by atoms with Crippen molar-refractivity contribution in [2.24, 2.45) is 5.84 Å². The molecule has 6 saturated heterocycles. The SMILES string of the molecule is CC(=O)N[C@H]1[C@@H]2OC[C@](COCCOCCOCCOCCn3cc(COCC(COCc4cn(CCOCCOCCOCCOC[C@@]56CO[C@H](O5)[C@H](NC(C)=O)[C@@H](OC(C)=O)[C@H]6OC(C)=O)nn4)(COCc4cn(CCOCCOCCOCCOC[C@@]56CO[C@@H](O5)[C@H](NC(C)=O)[C@@H](OC(C)=O)[C@H]6OC(C)=O)nn4)NN)nn3)(O2)[C@H](OC(C)=O)[C@@H]1OC(C)=O. The zero-order valence-electron chi connectivity index (χ0n) is 72.4. The van der Waals surface area contributed by atoms with Gasteiger partial charge in [-0.3, -0.25) is 49.0 Å². The molecule has 3 aromatic rings. The van der Waals surface area contributed by atoms with Crippen LogP contribution in [0.15, 0.2) is 18.6 Å². The standard InChI is InChI=1S/C76H120N14O36/c1-49(91)78-61-64(118-52(4)94)67(121-55(7)97)74(46-115-70(61)124-74)43-109-31-28-106-25-22-103-19-16-100-13-10-88-34-58(81-85-88)37-112-40-73(84-77,41-113-38-59-35-89(86-82-59)11-14-101-17-20-104-23-26-107-29-32-110-44-75-47-116-71(125-75)62(79-50(2)92)65(119-53(5)95)68(75)122-56(8)98)42-114-39-60-36-90(87-83-60)12-15-102-18-21-105-24-27-108-30-33-111-45-76-48-117-72(126-76)63(80-51(3)93)66(120-54(6)96)69(76)123-57(9)99/h34-36,61-72,84H,10-33,37-48,77H2,1-9H3,(H,78,91)(H,79,92)(H,80,93)/t61-,62-,63-,64-,65-,66-,67-,68-,69-,70-,71-,72+,74+,75+,76+/m1/s1. The number of hydrazine groups is 1. The molecule has 6 aliphatic rings. The van der Waals surface area contributed by atoms with Crippen LogP contribution in [0.25, 0.3) is 0 Å². The van der Waals surface area contributed by atoms with Crippen LogP contribution in [0.4, 0.5) is 0 Å². The fourth-order valence-corrected chi connectivity index (χ4v) is 14.2. The molecule has 710 valence electrons. The fourth-order valence-electron chi connectivity index (χ4n) is 14.2. The van der Waals surface area contributed by atoms with Crippen LogP contribution in [0, 0.1) is 0 Å². The first-order valence-electron chi connectivity index (χ1n) is 41.3. The number of esters is 6. The van der Waals surface area contributed by atoms with E-state index < -0.39 is 149 Å². The third-order valence-corrected chi connectivity index (χ3v) is 19.5. The minimum absolute atomic E-state index is 0.00970. The molecule has 6 bridgehead atoms. The van der Waals surface area contributed by atoms with Gasteiger partial charge in [0, 0.05) is 62.3 Å². The van der Waals surface area contributed by atoms with Crippen LogP contribution in [-0.4, -0.2) is 393 Å². The maximum absolute atomic E-state index is 12.2. The van der Waals surface area contributed by atoms with Crippen LogP contribution < -0.4 is 27.2 Å². The number of ether oxygens (including phenoxy) is 27.